The van der Waals surface area contributed by atoms with Gasteiger partial charge < -0.3 is 10.5 Å². The van der Waals surface area contributed by atoms with Gasteiger partial charge in [-0.3, -0.25) is 0 Å². The molecule has 1 aliphatic carbocycles. The lowest BCUT2D eigenvalue weighted by molar-refractivity contribution is 0.180. The molecular weight excluding hydrogens is 229 g/mol. The van der Waals surface area contributed by atoms with Crippen LogP contribution in [-0.2, 0) is 6.42 Å². The summed E-state index contributed by atoms with van der Waals surface area (Å²) in [6.45, 7) is 2.75. The van der Waals surface area contributed by atoms with Gasteiger partial charge in [0.1, 0.15) is 11.6 Å². The van der Waals surface area contributed by atoms with Crippen LogP contribution in [-0.4, -0.2) is 12.6 Å². The van der Waals surface area contributed by atoms with Gasteiger partial charge in [-0.2, -0.15) is 0 Å². The molecule has 0 heterocycles. The van der Waals surface area contributed by atoms with Crippen molar-refractivity contribution in [3.8, 4) is 5.75 Å². The van der Waals surface area contributed by atoms with Crippen molar-refractivity contribution >= 4 is 0 Å². The minimum absolute atomic E-state index is 0.0892. The van der Waals surface area contributed by atoms with Crippen LogP contribution in [0.3, 0.4) is 0 Å². The third-order valence-electron chi connectivity index (χ3n) is 3.66. The molecule has 0 spiro atoms. The maximum absolute atomic E-state index is 13.5. The van der Waals surface area contributed by atoms with E-state index < -0.39 is 0 Å². The highest BCUT2D eigenvalue weighted by molar-refractivity contribution is 5.30. The Bertz CT molecular complexity index is 390. The fourth-order valence-corrected chi connectivity index (χ4v) is 2.14. The first kappa shape index (κ1) is 13.3. The highest BCUT2D eigenvalue weighted by Gasteiger charge is 2.18. The van der Waals surface area contributed by atoms with E-state index in [0.29, 0.717) is 24.7 Å². The molecule has 0 radical (unpaired) electrons. The monoisotopic (exact) mass is 251 g/mol. The Balaban J connectivity index is 1.96. The van der Waals surface area contributed by atoms with Crippen molar-refractivity contribution in [2.75, 3.05) is 6.61 Å². The lowest BCUT2D eigenvalue weighted by Gasteiger charge is -2.25. The second kappa shape index (κ2) is 6.19. The van der Waals surface area contributed by atoms with Crippen molar-refractivity contribution < 1.29 is 9.13 Å². The number of hydrogen-bond acceptors (Lipinski definition) is 2. The van der Waals surface area contributed by atoms with Crippen LogP contribution in [0.1, 0.15) is 38.2 Å². The van der Waals surface area contributed by atoms with Crippen molar-refractivity contribution in [3.05, 3.63) is 29.6 Å². The van der Waals surface area contributed by atoms with E-state index in [1.807, 2.05) is 13.0 Å². The summed E-state index contributed by atoms with van der Waals surface area (Å²) in [5, 5.41) is 0. The molecule has 2 N–H and O–H groups in total. The molecule has 1 fully saturated rings. The molecule has 1 atom stereocenters. The summed E-state index contributed by atoms with van der Waals surface area (Å²) in [6, 6.07) is 5.01. The zero-order valence-electron chi connectivity index (χ0n) is 11.0. The van der Waals surface area contributed by atoms with Gasteiger partial charge in [0.15, 0.2) is 0 Å². The predicted molar refractivity (Wildman–Crippen MR) is 71.2 cm³/mol. The standard InChI is InChI=1S/C15H22FNO/c1-2-14(17)7-12-6-13(16)9-15(8-12)18-10-11-4-3-5-11/h6,8-9,11,14H,2-5,7,10,17H2,1H3. The Labute approximate surface area is 108 Å². The molecule has 0 bridgehead atoms. The summed E-state index contributed by atoms with van der Waals surface area (Å²) >= 11 is 0. The molecule has 1 saturated carbocycles. The second-order valence-corrected chi connectivity index (χ2v) is 5.28. The van der Waals surface area contributed by atoms with Crippen LogP contribution in [0.2, 0.25) is 0 Å². The number of nitrogens with two attached hydrogens (primary N) is 1. The van der Waals surface area contributed by atoms with Gasteiger partial charge in [-0.1, -0.05) is 13.3 Å². The van der Waals surface area contributed by atoms with Gasteiger partial charge in [-0.05, 0) is 49.3 Å². The van der Waals surface area contributed by atoms with Gasteiger partial charge in [0, 0.05) is 12.1 Å². The van der Waals surface area contributed by atoms with Gasteiger partial charge in [-0.15, -0.1) is 0 Å². The topological polar surface area (TPSA) is 35.2 Å². The molecular formula is C15H22FNO. The quantitative estimate of drug-likeness (QED) is 0.842. The minimum atomic E-state index is -0.237. The largest absolute Gasteiger partial charge is 0.493 e. The second-order valence-electron chi connectivity index (χ2n) is 5.28. The van der Waals surface area contributed by atoms with Gasteiger partial charge in [0.05, 0.1) is 6.61 Å². The number of ether oxygens (including phenoxy) is 1. The minimum Gasteiger partial charge on any atom is -0.493 e. The van der Waals surface area contributed by atoms with Crippen LogP contribution >= 0.6 is 0 Å². The fourth-order valence-electron chi connectivity index (χ4n) is 2.14. The molecule has 1 aliphatic rings. The van der Waals surface area contributed by atoms with Crippen molar-refractivity contribution in [1.29, 1.82) is 0 Å². The van der Waals surface area contributed by atoms with Crippen LogP contribution in [0, 0.1) is 11.7 Å². The molecule has 3 heteroatoms. The first-order chi connectivity index (χ1) is 8.67. The van der Waals surface area contributed by atoms with Crippen molar-refractivity contribution in [2.24, 2.45) is 11.7 Å². The highest BCUT2D eigenvalue weighted by atomic mass is 19.1. The first-order valence-electron chi connectivity index (χ1n) is 6.85. The molecule has 2 rings (SSSR count). The number of halogens is 1. The van der Waals surface area contributed by atoms with E-state index in [1.54, 1.807) is 6.07 Å². The maximum Gasteiger partial charge on any atom is 0.127 e. The molecule has 0 saturated heterocycles. The molecule has 0 aromatic heterocycles. The van der Waals surface area contributed by atoms with Crippen LogP contribution < -0.4 is 10.5 Å². The van der Waals surface area contributed by atoms with Crippen molar-refractivity contribution in [2.45, 2.75) is 45.1 Å². The summed E-state index contributed by atoms with van der Waals surface area (Å²) in [7, 11) is 0. The Kier molecular flexibility index (Phi) is 4.59. The molecule has 1 unspecified atom stereocenters. The number of benzene rings is 1. The number of hydrogen-bond donors (Lipinski definition) is 1. The van der Waals surface area contributed by atoms with Crippen LogP contribution in [0.5, 0.6) is 5.75 Å². The Hall–Kier alpha value is -1.09. The summed E-state index contributed by atoms with van der Waals surface area (Å²) in [5.74, 6) is 1.06. The molecule has 2 nitrogen and oxygen atoms in total. The first-order valence-corrected chi connectivity index (χ1v) is 6.85. The van der Waals surface area contributed by atoms with Gasteiger partial charge in [0.25, 0.3) is 0 Å². The van der Waals surface area contributed by atoms with E-state index >= 15 is 0 Å². The molecule has 0 aliphatic heterocycles. The van der Waals surface area contributed by atoms with E-state index in [4.69, 9.17) is 10.5 Å². The highest BCUT2D eigenvalue weighted by Crippen LogP contribution is 2.27. The Morgan fingerprint density at radius 3 is 2.78 bits per heavy atom. The predicted octanol–water partition coefficient (Wildman–Crippen LogP) is 3.28. The lowest BCUT2D eigenvalue weighted by atomic mass is 9.86. The molecule has 100 valence electrons. The van der Waals surface area contributed by atoms with Crippen molar-refractivity contribution in [1.82, 2.24) is 0 Å². The maximum atomic E-state index is 13.5. The van der Waals surface area contributed by atoms with Crippen molar-refractivity contribution in [3.63, 3.8) is 0 Å². The molecule has 1 aromatic carbocycles. The summed E-state index contributed by atoms with van der Waals surface area (Å²) in [4.78, 5) is 0. The Morgan fingerprint density at radius 2 is 2.17 bits per heavy atom. The van der Waals surface area contributed by atoms with Gasteiger partial charge >= 0.3 is 0 Å². The van der Waals surface area contributed by atoms with Crippen LogP contribution in [0.25, 0.3) is 0 Å². The van der Waals surface area contributed by atoms with Crippen LogP contribution in [0.4, 0.5) is 4.39 Å². The van der Waals surface area contributed by atoms with E-state index in [1.165, 1.54) is 25.3 Å². The average molecular weight is 251 g/mol. The molecule has 0 amide bonds. The molecule has 18 heavy (non-hydrogen) atoms. The van der Waals surface area contributed by atoms with Gasteiger partial charge in [0.2, 0.25) is 0 Å². The number of rotatable bonds is 6. The smallest absolute Gasteiger partial charge is 0.127 e. The SMILES string of the molecule is CCC(N)Cc1cc(F)cc(OCC2CCC2)c1. The van der Waals surface area contributed by atoms with Gasteiger partial charge in [-0.25, -0.2) is 4.39 Å². The summed E-state index contributed by atoms with van der Waals surface area (Å²) in [6.07, 6.45) is 5.38. The zero-order valence-corrected chi connectivity index (χ0v) is 11.0. The average Bonchev–Trinajstić information content (AvgIpc) is 2.26. The third kappa shape index (κ3) is 3.70. The van der Waals surface area contributed by atoms with E-state index in [-0.39, 0.29) is 11.9 Å². The van der Waals surface area contributed by atoms with E-state index in [9.17, 15) is 4.39 Å². The van der Waals surface area contributed by atoms with E-state index in [0.717, 1.165) is 12.0 Å². The summed E-state index contributed by atoms with van der Waals surface area (Å²) < 4.78 is 19.1. The van der Waals surface area contributed by atoms with Crippen LogP contribution in [0.15, 0.2) is 18.2 Å². The lowest BCUT2D eigenvalue weighted by Crippen LogP contribution is -2.21. The fraction of sp³-hybridized carbons (Fsp3) is 0.600. The normalized spacial score (nSPS) is 17.3. The van der Waals surface area contributed by atoms with E-state index in [2.05, 4.69) is 0 Å². The Morgan fingerprint density at radius 1 is 1.39 bits per heavy atom. The third-order valence-corrected chi connectivity index (χ3v) is 3.66. The zero-order chi connectivity index (χ0) is 13.0. The summed E-state index contributed by atoms with van der Waals surface area (Å²) in [5.41, 5.74) is 6.82. The molecule has 1 aromatic rings.